The minimum Gasteiger partial charge on any atom is -0.444 e. The Labute approximate surface area is 130 Å². The van der Waals surface area contributed by atoms with Gasteiger partial charge in [0.25, 0.3) is 0 Å². The van der Waals surface area contributed by atoms with Gasteiger partial charge < -0.3 is 14.7 Å². The van der Waals surface area contributed by atoms with E-state index >= 15 is 0 Å². The molecule has 0 spiro atoms. The van der Waals surface area contributed by atoms with Gasteiger partial charge in [-0.1, -0.05) is 23.7 Å². The highest BCUT2D eigenvalue weighted by molar-refractivity contribution is 6.30. The summed E-state index contributed by atoms with van der Waals surface area (Å²) in [5, 5.41) is 11.1. The minimum absolute atomic E-state index is 0.0266. The van der Waals surface area contributed by atoms with Crippen molar-refractivity contribution >= 4 is 17.7 Å². The maximum absolute atomic E-state index is 12.0. The summed E-state index contributed by atoms with van der Waals surface area (Å²) in [4.78, 5) is 13.7. The lowest BCUT2D eigenvalue weighted by atomic mass is 9.95. The van der Waals surface area contributed by atoms with Crippen LogP contribution < -0.4 is 0 Å². The first kappa shape index (κ1) is 16.1. The number of ether oxygens (including phenoxy) is 1. The molecule has 1 aliphatic rings. The molecule has 0 bridgehead atoms. The maximum atomic E-state index is 12.0. The van der Waals surface area contributed by atoms with Crippen LogP contribution in [0.2, 0.25) is 5.02 Å². The Balaban J connectivity index is 1.95. The number of likely N-dealkylation sites (tertiary alicyclic amines) is 1. The first-order chi connectivity index (χ1) is 9.76. The summed E-state index contributed by atoms with van der Waals surface area (Å²) >= 11 is 5.85. The maximum Gasteiger partial charge on any atom is 0.410 e. The van der Waals surface area contributed by atoms with E-state index < -0.39 is 11.7 Å². The molecule has 2 rings (SSSR count). The first-order valence-electron chi connectivity index (χ1n) is 7.18. The third-order valence-electron chi connectivity index (χ3n) is 3.53. The molecule has 4 nitrogen and oxygen atoms in total. The summed E-state index contributed by atoms with van der Waals surface area (Å²) in [5.74, 6) is 0.0266. The van der Waals surface area contributed by atoms with Gasteiger partial charge in [-0.15, -0.1) is 0 Å². The number of aliphatic hydroxyl groups excluding tert-OH is 1. The van der Waals surface area contributed by atoms with E-state index in [1.165, 1.54) is 0 Å². The molecule has 1 aromatic carbocycles. The summed E-state index contributed by atoms with van der Waals surface area (Å²) in [6.45, 7) is 6.67. The highest BCUT2D eigenvalue weighted by Gasteiger charge is 2.33. The van der Waals surface area contributed by atoms with Crippen LogP contribution in [0.5, 0.6) is 0 Å². The van der Waals surface area contributed by atoms with Crippen molar-refractivity contribution in [2.45, 2.75) is 38.9 Å². The summed E-state index contributed by atoms with van der Waals surface area (Å²) in [6, 6.07) is 7.17. The quantitative estimate of drug-likeness (QED) is 0.907. The van der Waals surface area contributed by atoms with E-state index in [-0.39, 0.29) is 12.0 Å². The predicted molar refractivity (Wildman–Crippen MR) is 82.3 cm³/mol. The standard InChI is InChI=1S/C16H22ClNO3/c1-16(2,3)21-15(20)18-9-8-12(10-18)14(19)11-4-6-13(17)7-5-11/h4-7,12,14,19H,8-10H2,1-3H3. The molecule has 116 valence electrons. The molecule has 0 aromatic heterocycles. The van der Waals surface area contributed by atoms with E-state index in [0.717, 1.165) is 12.0 Å². The molecule has 0 saturated carbocycles. The fraction of sp³-hybridized carbons (Fsp3) is 0.562. The summed E-state index contributed by atoms with van der Waals surface area (Å²) in [7, 11) is 0. The van der Waals surface area contributed by atoms with Gasteiger partial charge in [-0.05, 0) is 44.9 Å². The number of hydrogen-bond donors (Lipinski definition) is 1. The van der Waals surface area contributed by atoms with Gasteiger partial charge in [0.2, 0.25) is 0 Å². The molecule has 2 unspecified atom stereocenters. The summed E-state index contributed by atoms with van der Waals surface area (Å²) in [5.41, 5.74) is 0.333. The average Bonchev–Trinajstić information content (AvgIpc) is 2.86. The van der Waals surface area contributed by atoms with Gasteiger partial charge in [-0.2, -0.15) is 0 Å². The van der Waals surface area contributed by atoms with Crippen molar-refractivity contribution in [3.63, 3.8) is 0 Å². The molecule has 1 N–H and O–H groups in total. The SMILES string of the molecule is CC(C)(C)OC(=O)N1CCC(C(O)c2ccc(Cl)cc2)C1. The molecule has 2 atom stereocenters. The van der Waals surface area contributed by atoms with Crippen molar-refractivity contribution in [2.75, 3.05) is 13.1 Å². The minimum atomic E-state index is -0.588. The van der Waals surface area contributed by atoms with Crippen molar-refractivity contribution < 1.29 is 14.6 Å². The fourth-order valence-electron chi connectivity index (χ4n) is 2.47. The molecule has 0 radical (unpaired) electrons. The van der Waals surface area contributed by atoms with Crippen LogP contribution in [0, 0.1) is 5.92 Å². The lowest BCUT2D eigenvalue weighted by Crippen LogP contribution is -2.35. The highest BCUT2D eigenvalue weighted by Crippen LogP contribution is 2.31. The topological polar surface area (TPSA) is 49.8 Å². The number of hydrogen-bond acceptors (Lipinski definition) is 3. The van der Waals surface area contributed by atoms with Crippen LogP contribution in [0.1, 0.15) is 38.9 Å². The zero-order chi connectivity index (χ0) is 15.6. The van der Waals surface area contributed by atoms with Gasteiger partial charge in [0, 0.05) is 24.0 Å². The molecular weight excluding hydrogens is 290 g/mol. The van der Waals surface area contributed by atoms with Gasteiger partial charge in [-0.25, -0.2) is 4.79 Å². The van der Waals surface area contributed by atoms with Crippen molar-refractivity contribution in [1.82, 2.24) is 4.90 Å². The van der Waals surface area contributed by atoms with Crippen molar-refractivity contribution in [3.05, 3.63) is 34.9 Å². The predicted octanol–water partition coefficient (Wildman–Crippen LogP) is 3.63. The Hall–Kier alpha value is -1.26. The number of aliphatic hydroxyl groups is 1. The molecule has 0 aliphatic carbocycles. The Bertz CT molecular complexity index is 495. The Kier molecular flexibility index (Phi) is 4.79. The van der Waals surface area contributed by atoms with E-state index in [9.17, 15) is 9.90 Å². The molecule has 1 aromatic rings. The van der Waals surface area contributed by atoms with Gasteiger partial charge >= 0.3 is 6.09 Å². The van der Waals surface area contributed by atoms with Crippen LogP contribution in [-0.2, 0) is 4.74 Å². The molecule has 1 amide bonds. The molecule has 1 aliphatic heterocycles. The van der Waals surface area contributed by atoms with Crippen LogP contribution in [0.15, 0.2) is 24.3 Å². The second-order valence-electron chi connectivity index (χ2n) is 6.47. The summed E-state index contributed by atoms with van der Waals surface area (Å²) < 4.78 is 5.36. The van der Waals surface area contributed by atoms with Crippen molar-refractivity contribution in [1.29, 1.82) is 0 Å². The molecule has 1 fully saturated rings. The van der Waals surface area contributed by atoms with Crippen molar-refractivity contribution in [2.24, 2.45) is 5.92 Å². The van der Waals surface area contributed by atoms with Crippen LogP contribution >= 0.6 is 11.6 Å². The monoisotopic (exact) mass is 311 g/mol. The zero-order valence-electron chi connectivity index (χ0n) is 12.7. The normalized spacial score (nSPS) is 20.4. The Morgan fingerprint density at radius 2 is 2.00 bits per heavy atom. The average molecular weight is 312 g/mol. The smallest absolute Gasteiger partial charge is 0.410 e. The third kappa shape index (κ3) is 4.35. The highest BCUT2D eigenvalue weighted by atomic mass is 35.5. The third-order valence-corrected chi connectivity index (χ3v) is 3.79. The van der Waals surface area contributed by atoms with E-state index in [1.54, 1.807) is 17.0 Å². The first-order valence-corrected chi connectivity index (χ1v) is 7.55. The lowest BCUT2D eigenvalue weighted by molar-refractivity contribution is 0.0268. The lowest BCUT2D eigenvalue weighted by Gasteiger charge is -2.25. The van der Waals surface area contributed by atoms with Gasteiger partial charge in [-0.3, -0.25) is 0 Å². The van der Waals surface area contributed by atoms with Crippen LogP contribution in [0.25, 0.3) is 0 Å². The molecular formula is C16H22ClNO3. The van der Waals surface area contributed by atoms with E-state index in [4.69, 9.17) is 16.3 Å². The Morgan fingerprint density at radius 1 is 1.38 bits per heavy atom. The molecule has 5 heteroatoms. The summed E-state index contributed by atoms with van der Waals surface area (Å²) in [6.07, 6.45) is -0.133. The van der Waals surface area contributed by atoms with Crippen LogP contribution in [-0.4, -0.2) is 34.8 Å². The van der Waals surface area contributed by atoms with Crippen LogP contribution in [0.4, 0.5) is 4.79 Å². The molecule has 1 saturated heterocycles. The molecule has 21 heavy (non-hydrogen) atoms. The second-order valence-corrected chi connectivity index (χ2v) is 6.91. The largest absolute Gasteiger partial charge is 0.444 e. The van der Waals surface area contributed by atoms with Gasteiger partial charge in [0.05, 0.1) is 6.10 Å². The van der Waals surface area contributed by atoms with E-state index in [0.29, 0.717) is 18.1 Å². The zero-order valence-corrected chi connectivity index (χ0v) is 13.4. The number of nitrogens with zero attached hydrogens (tertiary/aromatic N) is 1. The number of amides is 1. The number of halogens is 1. The number of carbonyl (C=O) groups is 1. The number of rotatable bonds is 2. The number of benzene rings is 1. The Morgan fingerprint density at radius 3 is 2.57 bits per heavy atom. The van der Waals surface area contributed by atoms with Gasteiger partial charge in [0.15, 0.2) is 0 Å². The van der Waals surface area contributed by atoms with Crippen molar-refractivity contribution in [3.8, 4) is 0 Å². The number of carbonyl (C=O) groups excluding carboxylic acids is 1. The van der Waals surface area contributed by atoms with Gasteiger partial charge in [0.1, 0.15) is 5.60 Å². The fourth-order valence-corrected chi connectivity index (χ4v) is 2.60. The second kappa shape index (κ2) is 6.24. The van der Waals surface area contributed by atoms with E-state index in [2.05, 4.69) is 0 Å². The van der Waals surface area contributed by atoms with Crippen LogP contribution in [0.3, 0.4) is 0 Å². The van der Waals surface area contributed by atoms with E-state index in [1.807, 2.05) is 32.9 Å². The molecule has 1 heterocycles.